The normalized spacial score (nSPS) is 11.3. The second-order valence-corrected chi connectivity index (χ2v) is 7.32. The van der Waals surface area contributed by atoms with E-state index in [1.165, 1.54) is 37.4 Å². The smallest absolute Gasteiger partial charge is 0.240 e. The van der Waals surface area contributed by atoms with Gasteiger partial charge in [-0.2, -0.15) is 0 Å². The summed E-state index contributed by atoms with van der Waals surface area (Å²) in [5.41, 5.74) is 1.25. The number of hydrogen-bond donors (Lipinski definition) is 2. The maximum absolute atomic E-state index is 13.1. The van der Waals surface area contributed by atoms with Gasteiger partial charge < -0.3 is 5.32 Å². The Labute approximate surface area is 144 Å². The Balaban J connectivity index is 1.93. The van der Waals surface area contributed by atoms with Gasteiger partial charge in [-0.05, 0) is 49.4 Å². The van der Waals surface area contributed by atoms with Crippen LogP contribution in [0.25, 0.3) is 0 Å². The van der Waals surface area contributed by atoms with Crippen molar-refractivity contribution in [3.8, 4) is 0 Å². The van der Waals surface area contributed by atoms with Crippen molar-refractivity contribution in [2.75, 3.05) is 12.4 Å². The van der Waals surface area contributed by atoms with Gasteiger partial charge in [-0.3, -0.25) is 4.79 Å². The van der Waals surface area contributed by atoms with Gasteiger partial charge in [0.25, 0.3) is 0 Å². The van der Waals surface area contributed by atoms with Gasteiger partial charge in [-0.1, -0.05) is 23.7 Å². The standard InChI is InChI=1S/C16H16ClFN2O3S/c1-19-24(22,23)13-6-2-11(3-7-13)4-9-16(21)20-12-5-8-15(18)14(17)10-12/h2-3,5-8,10,19H,4,9H2,1H3,(H,20,21). The number of hydrogen-bond acceptors (Lipinski definition) is 3. The van der Waals surface area contributed by atoms with Crippen LogP contribution in [0.1, 0.15) is 12.0 Å². The van der Waals surface area contributed by atoms with Gasteiger partial charge >= 0.3 is 0 Å². The van der Waals surface area contributed by atoms with Crippen LogP contribution >= 0.6 is 11.6 Å². The molecule has 0 unspecified atom stereocenters. The molecule has 2 rings (SSSR count). The number of rotatable bonds is 6. The first-order valence-corrected chi connectivity index (χ1v) is 8.95. The Hall–Kier alpha value is -1.96. The molecule has 0 fully saturated rings. The molecular weight excluding hydrogens is 355 g/mol. The van der Waals surface area contributed by atoms with Crippen LogP contribution in [0.4, 0.5) is 10.1 Å². The van der Waals surface area contributed by atoms with Crippen molar-refractivity contribution in [2.24, 2.45) is 0 Å². The third-order valence-corrected chi connectivity index (χ3v) is 5.07. The van der Waals surface area contributed by atoms with E-state index in [1.807, 2.05) is 0 Å². The van der Waals surface area contributed by atoms with E-state index in [4.69, 9.17) is 11.6 Å². The number of nitrogens with one attached hydrogen (secondary N) is 2. The molecule has 2 aromatic rings. The molecule has 0 aliphatic carbocycles. The summed E-state index contributed by atoms with van der Waals surface area (Å²) in [6, 6.07) is 10.2. The predicted octanol–water partition coefficient (Wildman–Crippen LogP) is 2.96. The molecule has 0 aromatic heterocycles. The first-order chi connectivity index (χ1) is 11.3. The van der Waals surface area contributed by atoms with Gasteiger partial charge in [0.15, 0.2) is 0 Å². The Morgan fingerprint density at radius 2 is 1.83 bits per heavy atom. The van der Waals surface area contributed by atoms with Crippen molar-refractivity contribution in [2.45, 2.75) is 17.7 Å². The van der Waals surface area contributed by atoms with E-state index in [2.05, 4.69) is 10.0 Å². The van der Waals surface area contributed by atoms with Crippen molar-refractivity contribution in [3.05, 3.63) is 58.9 Å². The Bertz CT molecular complexity index is 839. The zero-order chi connectivity index (χ0) is 17.7. The highest BCUT2D eigenvalue weighted by Crippen LogP contribution is 2.19. The van der Waals surface area contributed by atoms with Gasteiger partial charge in [0.05, 0.1) is 9.92 Å². The fourth-order valence-corrected chi connectivity index (χ4v) is 2.92. The highest BCUT2D eigenvalue weighted by atomic mass is 35.5. The van der Waals surface area contributed by atoms with Crippen molar-refractivity contribution in [1.29, 1.82) is 0 Å². The fraction of sp³-hybridized carbons (Fsp3) is 0.188. The van der Waals surface area contributed by atoms with Crippen LogP contribution in [0.5, 0.6) is 0 Å². The van der Waals surface area contributed by atoms with E-state index in [1.54, 1.807) is 12.1 Å². The highest BCUT2D eigenvalue weighted by molar-refractivity contribution is 7.89. The summed E-state index contributed by atoms with van der Waals surface area (Å²) in [7, 11) is -2.12. The molecule has 128 valence electrons. The Morgan fingerprint density at radius 1 is 1.17 bits per heavy atom. The number of anilines is 1. The van der Waals surface area contributed by atoms with Crippen molar-refractivity contribution >= 4 is 33.2 Å². The molecule has 2 aromatic carbocycles. The number of benzene rings is 2. The van der Waals surface area contributed by atoms with Crippen molar-refractivity contribution in [1.82, 2.24) is 4.72 Å². The van der Waals surface area contributed by atoms with Gasteiger partial charge in [-0.25, -0.2) is 17.5 Å². The Morgan fingerprint density at radius 3 is 2.42 bits per heavy atom. The molecule has 0 spiro atoms. The first-order valence-electron chi connectivity index (χ1n) is 7.09. The molecule has 1 amide bonds. The average Bonchev–Trinajstić information content (AvgIpc) is 2.57. The maximum atomic E-state index is 13.1. The fourth-order valence-electron chi connectivity index (χ4n) is 2.01. The van der Waals surface area contributed by atoms with E-state index < -0.39 is 15.8 Å². The lowest BCUT2D eigenvalue weighted by Gasteiger charge is -2.07. The molecule has 0 aliphatic rings. The van der Waals surface area contributed by atoms with Crippen LogP contribution < -0.4 is 10.0 Å². The molecule has 2 N–H and O–H groups in total. The molecule has 0 saturated carbocycles. The minimum atomic E-state index is -3.47. The topological polar surface area (TPSA) is 75.3 Å². The summed E-state index contributed by atoms with van der Waals surface area (Å²) in [5.74, 6) is -0.795. The second-order valence-electron chi connectivity index (χ2n) is 5.03. The summed E-state index contributed by atoms with van der Waals surface area (Å²) in [4.78, 5) is 12.1. The quantitative estimate of drug-likeness (QED) is 0.820. The molecular formula is C16H16ClFN2O3S. The van der Waals surface area contributed by atoms with Crippen LogP contribution in [0.2, 0.25) is 5.02 Å². The van der Waals surface area contributed by atoms with Crippen LogP contribution in [-0.4, -0.2) is 21.4 Å². The maximum Gasteiger partial charge on any atom is 0.240 e. The zero-order valence-corrected chi connectivity index (χ0v) is 14.4. The summed E-state index contributed by atoms with van der Waals surface area (Å²) < 4.78 is 38.5. The summed E-state index contributed by atoms with van der Waals surface area (Å²) in [6.07, 6.45) is 0.647. The van der Waals surface area contributed by atoms with Crippen LogP contribution in [-0.2, 0) is 21.2 Å². The van der Waals surface area contributed by atoms with Gasteiger partial charge in [0.1, 0.15) is 5.82 Å². The van der Waals surface area contributed by atoms with E-state index in [0.717, 1.165) is 5.56 Å². The molecule has 0 aliphatic heterocycles. The monoisotopic (exact) mass is 370 g/mol. The molecule has 0 bridgehead atoms. The summed E-state index contributed by atoms with van der Waals surface area (Å²) >= 11 is 5.65. The van der Waals surface area contributed by atoms with Gasteiger partial charge in [0.2, 0.25) is 15.9 Å². The van der Waals surface area contributed by atoms with E-state index >= 15 is 0 Å². The van der Waals surface area contributed by atoms with E-state index in [-0.39, 0.29) is 22.2 Å². The summed E-state index contributed by atoms with van der Waals surface area (Å²) in [5, 5.41) is 2.57. The van der Waals surface area contributed by atoms with Crippen molar-refractivity contribution in [3.63, 3.8) is 0 Å². The number of halogens is 2. The van der Waals surface area contributed by atoms with Crippen LogP contribution in [0, 0.1) is 5.82 Å². The second kappa shape index (κ2) is 7.74. The van der Waals surface area contributed by atoms with Gasteiger partial charge in [-0.15, -0.1) is 0 Å². The number of carbonyl (C=O) groups excluding carboxylic acids is 1. The number of amides is 1. The van der Waals surface area contributed by atoms with Crippen molar-refractivity contribution < 1.29 is 17.6 Å². The SMILES string of the molecule is CNS(=O)(=O)c1ccc(CCC(=O)Nc2ccc(F)c(Cl)c2)cc1. The summed E-state index contributed by atoms with van der Waals surface area (Å²) in [6.45, 7) is 0. The molecule has 24 heavy (non-hydrogen) atoms. The van der Waals surface area contributed by atoms with Gasteiger partial charge in [0, 0.05) is 12.1 Å². The molecule has 5 nitrogen and oxygen atoms in total. The number of sulfonamides is 1. The molecule has 0 radical (unpaired) electrons. The van der Waals surface area contributed by atoms with Crippen LogP contribution in [0.3, 0.4) is 0 Å². The minimum Gasteiger partial charge on any atom is -0.326 e. The van der Waals surface area contributed by atoms with Crippen LogP contribution in [0.15, 0.2) is 47.4 Å². The third-order valence-electron chi connectivity index (χ3n) is 3.35. The Kier molecular flexibility index (Phi) is 5.93. The lowest BCUT2D eigenvalue weighted by Crippen LogP contribution is -2.18. The number of carbonyl (C=O) groups is 1. The largest absolute Gasteiger partial charge is 0.326 e. The molecule has 0 atom stereocenters. The highest BCUT2D eigenvalue weighted by Gasteiger charge is 2.11. The third kappa shape index (κ3) is 4.77. The first kappa shape index (κ1) is 18.4. The minimum absolute atomic E-state index is 0.0610. The zero-order valence-electron chi connectivity index (χ0n) is 12.8. The molecule has 0 saturated heterocycles. The lowest BCUT2D eigenvalue weighted by molar-refractivity contribution is -0.116. The number of aryl methyl sites for hydroxylation is 1. The molecule has 0 heterocycles. The molecule has 8 heteroatoms. The lowest BCUT2D eigenvalue weighted by atomic mass is 10.1. The average molecular weight is 371 g/mol. The van der Waals surface area contributed by atoms with E-state index in [0.29, 0.717) is 12.1 Å². The van der Waals surface area contributed by atoms with E-state index in [9.17, 15) is 17.6 Å². The predicted molar refractivity (Wildman–Crippen MR) is 91.0 cm³/mol.